The van der Waals surface area contributed by atoms with Crippen LogP contribution in [0.2, 0.25) is 0 Å². The number of carbonyl (C=O) groups is 4. The van der Waals surface area contributed by atoms with Crippen LogP contribution >= 0.6 is 15.6 Å². The molecule has 5 atom stereocenters. The summed E-state index contributed by atoms with van der Waals surface area (Å²) in [5.74, 6) is 0.000337. The highest BCUT2D eigenvalue weighted by Crippen LogP contribution is 2.45. The average Bonchev–Trinajstić information content (AvgIpc) is 3.35. The molecular weight excluding hydrogens is 1160 g/mol. The first kappa shape index (κ1) is 85.5. The zero-order valence-electron chi connectivity index (χ0n) is 56.7. The van der Waals surface area contributed by atoms with E-state index in [0.29, 0.717) is 31.6 Å². The molecular formula is C69H130O17P2. The Labute approximate surface area is 535 Å². The first-order valence-corrected chi connectivity index (χ1v) is 38.2. The van der Waals surface area contributed by atoms with Gasteiger partial charge in [-0.15, -0.1) is 0 Å². The minimum Gasteiger partial charge on any atom is -0.462 e. The lowest BCUT2D eigenvalue weighted by atomic mass is 10.0. The molecule has 0 aromatic carbocycles. The maximum absolute atomic E-state index is 13.0. The quantitative estimate of drug-likeness (QED) is 0.0169. The molecule has 17 nitrogen and oxygen atoms in total. The molecule has 0 bridgehead atoms. The predicted molar refractivity (Wildman–Crippen MR) is 354 cm³/mol. The smallest absolute Gasteiger partial charge is 0.462 e. The number of allylic oxidation sites excluding steroid dienone is 4. The molecule has 0 aromatic heterocycles. The number of phosphoric ester groups is 2. The van der Waals surface area contributed by atoms with Crippen molar-refractivity contribution in [2.75, 3.05) is 39.6 Å². The van der Waals surface area contributed by atoms with E-state index in [1.54, 1.807) is 0 Å². The number of aliphatic hydroxyl groups excluding tert-OH is 1. The van der Waals surface area contributed by atoms with Crippen molar-refractivity contribution in [1.82, 2.24) is 0 Å². The van der Waals surface area contributed by atoms with Crippen LogP contribution in [0.25, 0.3) is 0 Å². The molecule has 88 heavy (non-hydrogen) atoms. The predicted octanol–water partition coefficient (Wildman–Crippen LogP) is 19.0. The number of carbonyl (C=O) groups excluding carboxylic acids is 4. The molecule has 0 aliphatic heterocycles. The largest absolute Gasteiger partial charge is 0.472 e. The first-order chi connectivity index (χ1) is 42.2. The van der Waals surface area contributed by atoms with Crippen molar-refractivity contribution in [1.29, 1.82) is 0 Å². The SMILES string of the molecule is CCCCCC/C=C\C=C/CCCCCCCC(=O)O[C@H](COC(=O)CCCCCCCCCC(C)C)COP(=O)(O)OCC(O)COP(=O)(O)OC[C@@H](COC(=O)CCCCCCCCCCC(C)C)OC(=O)CCCCCCCCCCCC(C)C. The fourth-order valence-corrected chi connectivity index (χ4v) is 11.4. The summed E-state index contributed by atoms with van der Waals surface area (Å²) in [6.07, 6.45) is 45.4. The third-order valence-corrected chi connectivity index (χ3v) is 17.2. The van der Waals surface area contributed by atoms with E-state index in [-0.39, 0.29) is 25.7 Å². The van der Waals surface area contributed by atoms with Gasteiger partial charge >= 0.3 is 39.5 Å². The van der Waals surface area contributed by atoms with Gasteiger partial charge in [0, 0.05) is 25.7 Å². The highest BCUT2D eigenvalue weighted by atomic mass is 31.2. The molecule has 0 rings (SSSR count). The Hall–Kier alpha value is -2.46. The first-order valence-electron chi connectivity index (χ1n) is 35.2. The van der Waals surface area contributed by atoms with Gasteiger partial charge in [0.05, 0.1) is 26.4 Å². The monoisotopic (exact) mass is 1290 g/mol. The molecule has 0 aliphatic rings. The van der Waals surface area contributed by atoms with Crippen LogP contribution < -0.4 is 0 Å². The van der Waals surface area contributed by atoms with Gasteiger partial charge in [-0.2, -0.15) is 0 Å². The number of esters is 4. The van der Waals surface area contributed by atoms with Gasteiger partial charge in [-0.25, -0.2) is 9.13 Å². The Morgan fingerprint density at radius 3 is 0.920 bits per heavy atom. The third-order valence-electron chi connectivity index (χ3n) is 15.3. The van der Waals surface area contributed by atoms with Gasteiger partial charge in [-0.3, -0.25) is 37.3 Å². The van der Waals surface area contributed by atoms with Gasteiger partial charge in [0.2, 0.25) is 0 Å². The Bertz CT molecular complexity index is 1830. The van der Waals surface area contributed by atoms with Crippen LogP contribution in [-0.2, 0) is 65.4 Å². The molecule has 0 aliphatic carbocycles. The van der Waals surface area contributed by atoms with E-state index in [0.717, 1.165) is 121 Å². The summed E-state index contributed by atoms with van der Waals surface area (Å²) in [4.78, 5) is 72.4. The van der Waals surface area contributed by atoms with Gasteiger partial charge in [0.1, 0.15) is 19.3 Å². The van der Waals surface area contributed by atoms with Crippen molar-refractivity contribution in [3.05, 3.63) is 24.3 Å². The van der Waals surface area contributed by atoms with E-state index in [9.17, 15) is 43.2 Å². The molecule has 0 fully saturated rings. The second-order valence-electron chi connectivity index (χ2n) is 25.7. The fourth-order valence-electron chi connectivity index (χ4n) is 9.82. The zero-order chi connectivity index (χ0) is 65.2. The van der Waals surface area contributed by atoms with Crippen molar-refractivity contribution in [2.45, 2.75) is 336 Å². The summed E-state index contributed by atoms with van der Waals surface area (Å²) in [5.41, 5.74) is 0. The van der Waals surface area contributed by atoms with Crippen molar-refractivity contribution in [2.24, 2.45) is 17.8 Å². The molecule has 0 amide bonds. The molecule has 3 unspecified atom stereocenters. The molecule has 0 radical (unpaired) electrons. The van der Waals surface area contributed by atoms with E-state index in [2.05, 4.69) is 72.8 Å². The lowest BCUT2D eigenvalue weighted by Crippen LogP contribution is -2.30. The van der Waals surface area contributed by atoms with Crippen LogP contribution in [0.1, 0.15) is 318 Å². The Balaban J connectivity index is 5.29. The lowest BCUT2D eigenvalue weighted by molar-refractivity contribution is -0.161. The summed E-state index contributed by atoms with van der Waals surface area (Å²) in [5, 5.41) is 10.6. The van der Waals surface area contributed by atoms with Crippen LogP contribution in [0.4, 0.5) is 0 Å². The van der Waals surface area contributed by atoms with Gasteiger partial charge in [-0.1, -0.05) is 265 Å². The summed E-state index contributed by atoms with van der Waals surface area (Å²) in [7, 11) is -9.91. The molecule has 0 heterocycles. The average molecular weight is 1290 g/mol. The van der Waals surface area contributed by atoms with Gasteiger partial charge in [-0.05, 0) is 69.1 Å². The second-order valence-corrected chi connectivity index (χ2v) is 28.6. The number of hydrogen-bond acceptors (Lipinski definition) is 15. The van der Waals surface area contributed by atoms with Crippen LogP contribution in [0.15, 0.2) is 24.3 Å². The third kappa shape index (κ3) is 62.4. The Kier molecular flexibility index (Phi) is 57.9. The van der Waals surface area contributed by atoms with Crippen molar-refractivity contribution >= 4 is 39.5 Å². The van der Waals surface area contributed by atoms with Gasteiger partial charge in [0.15, 0.2) is 12.2 Å². The number of phosphoric acid groups is 2. The summed E-state index contributed by atoms with van der Waals surface area (Å²) in [6.45, 7) is 11.6. The Morgan fingerprint density at radius 1 is 0.352 bits per heavy atom. The van der Waals surface area contributed by atoms with E-state index in [1.165, 1.54) is 109 Å². The van der Waals surface area contributed by atoms with Gasteiger partial charge < -0.3 is 33.8 Å². The van der Waals surface area contributed by atoms with E-state index in [1.807, 2.05) is 0 Å². The number of ether oxygens (including phenoxy) is 4. The van der Waals surface area contributed by atoms with Crippen molar-refractivity contribution in [3.63, 3.8) is 0 Å². The highest BCUT2D eigenvalue weighted by molar-refractivity contribution is 7.47. The van der Waals surface area contributed by atoms with E-state index < -0.39 is 97.5 Å². The van der Waals surface area contributed by atoms with Crippen LogP contribution in [0.5, 0.6) is 0 Å². The van der Waals surface area contributed by atoms with Crippen LogP contribution in [-0.4, -0.2) is 96.7 Å². The standard InChI is InChI=1S/C69H130O17P2/c1-8-9-10-11-12-13-14-15-16-17-18-21-30-38-45-52-68(73)85-65(57-80-67(72)51-44-37-32-25-28-35-42-49-62(6)7)59-84-88(77,78)82-55-63(70)54-81-87(75,76)83-58-64(56-79-66(71)50-43-36-29-24-23-27-34-41-48-61(4)5)86-69(74)53-46-39-31-22-19-20-26-33-40-47-60(2)3/h13-16,60-65,70H,8-12,17-59H2,1-7H3,(H,75,76)(H,77,78)/b14-13-,16-15-/t63?,64-,65-/m1/s1. The normalized spacial score (nSPS) is 14.4. The fraction of sp³-hybridized carbons (Fsp3) is 0.884. The van der Waals surface area contributed by atoms with Crippen molar-refractivity contribution < 1.29 is 80.2 Å². The minimum atomic E-state index is -4.96. The maximum Gasteiger partial charge on any atom is 0.472 e. The Morgan fingerprint density at radius 2 is 0.614 bits per heavy atom. The van der Waals surface area contributed by atoms with Crippen LogP contribution in [0, 0.1) is 17.8 Å². The number of aliphatic hydroxyl groups is 1. The minimum absolute atomic E-state index is 0.0836. The van der Waals surface area contributed by atoms with E-state index >= 15 is 0 Å². The number of hydrogen-bond donors (Lipinski definition) is 3. The maximum atomic E-state index is 13.0. The molecule has 0 saturated heterocycles. The highest BCUT2D eigenvalue weighted by Gasteiger charge is 2.30. The van der Waals surface area contributed by atoms with Crippen LogP contribution in [0.3, 0.4) is 0 Å². The number of rotatable bonds is 65. The van der Waals surface area contributed by atoms with Gasteiger partial charge in [0.25, 0.3) is 0 Å². The topological polar surface area (TPSA) is 237 Å². The molecule has 0 aromatic rings. The van der Waals surface area contributed by atoms with Crippen molar-refractivity contribution in [3.8, 4) is 0 Å². The summed E-state index contributed by atoms with van der Waals surface area (Å²) < 4.78 is 68.2. The number of unbranched alkanes of at least 4 members (excludes halogenated alkanes) is 30. The molecule has 0 saturated carbocycles. The zero-order valence-corrected chi connectivity index (χ0v) is 58.5. The molecule has 3 N–H and O–H groups in total. The summed E-state index contributed by atoms with van der Waals surface area (Å²) >= 11 is 0. The molecule has 0 spiro atoms. The second kappa shape index (κ2) is 59.5. The molecule has 518 valence electrons. The summed E-state index contributed by atoms with van der Waals surface area (Å²) in [6, 6.07) is 0. The molecule has 19 heteroatoms. The van der Waals surface area contributed by atoms with E-state index in [4.69, 9.17) is 37.0 Å². The lowest BCUT2D eigenvalue weighted by Gasteiger charge is -2.21.